The van der Waals surface area contributed by atoms with Crippen molar-refractivity contribution in [2.24, 2.45) is 5.73 Å². The molecule has 2 aliphatic heterocycles. The Balaban J connectivity index is 1.41. The van der Waals surface area contributed by atoms with Crippen molar-refractivity contribution in [3.8, 4) is 0 Å². The molecule has 0 radical (unpaired) electrons. The molecule has 3 atom stereocenters. The topological polar surface area (TPSA) is 152 Å². The van der Waals surface area contributed by atoms with Gasteiger partial charge in [-0.3, -0.25) is 4.79 Å². The molecule has 5 rings (SSSR count). The molecule has 0 spiro atoms. The summed E-state index contributed by atoms with van der Waals surface area (Å²) in [5, 5.41) is 20.7. The summed E-state index contributed by atoms with van der Waals surface area (Å²) in [6.45, 7) is 0. The van der Waals surface area contributed by atoms with Gasteiger partial charge in [-0.2, -0.15) is 0 Å². The van der Waals surface area contributed by atoms with E-state index < -0.39 is 5.91 Å². The van der Waals surface area contributed by atoms with Crippen LogP contribution >= 0.6 is 0 Å². The fraction of sp³-hybridized carbons (Fsp3) is 0.389. The van der Waals surface area contributed by atoms with Crippen LogP contribution in [0.2, 0.25) is 0 Å². The summed E-state index contributed by atoms with van der Waals surface area (Å²) in [5.74, 6) is 0.708. The number of nitrogens with two attached hydrogens (primary N) is 2. The molecule has 2 bridgehead atoms. The number of carbonyl (C=O) groups excluding carboxylic acids is 1. The lowest BCUT2D eigenvalue weighted by atomic mass is 9.96. The number of amides is 1. The van der Waals surface area contributed by atoms with Crippen molar-refractivity contribution >= 4 is 34.3 Å². The van der Waals surface area contributed by atoms with Gasteiger partial charge in [-0.25, -0.2) is 0 Å². The number of aromatic amines is 1. The van der Waals surface area contributed by atoms with Gasteiger partial charge in [0, 0.05) is 29.7 Å². The van der Waals surface area contributed by atoms with E-state index in [1.807, 2.05) is 12.1 Å². The Kier molecular flexibility index (Phi) is 3.78. The number of nitrogen functional groups attached to an aromatic ring is 1. The van der Waals surface area contributed by atoms with Crippen LogP contribution in [0.25, 0.3) is 11.0 Å². The van der Waals surface area contributed by atoms with Gasteiger partial charge in [0.05, 0.1) is 5.69 Å². The molecule has 2 aliphatic rings. The first kappa shape index (κ1) is 16.7. The van der Waals surface area contributed by atoms with Gasteiger partial charge in [-0.15, -0.1) is 20.4 Å². The van der Waals surface area contributed by atoms with Crippen LogP contribution in [0.4, 0.5) is 17.3 Å². The highest BCUT2D eigenvalue weighted by Gasteiger charge is 2.42. The first-order valence-corrected chi connectivity index (χ1v) is 9.38. The highest BCUT2D eigenvalue weighted by molar-refractivity contribution is 6.04. The molecule has 3 aromatic rings. The van der Waals surface area contributed by atoms with E-state index in [9.17, 15) is 4.79 Å². The summed E-state index contributed by atoms with van der Waals surface area (Å²) in [4.78, 5) is 17.3. The maximum atomic E-state index is 11.9. The van der Waals surface area contributed by atoms with Crippen molar-refractivity contribution in [2.45, 2.75) is 43.8 Å². The SMILES string of the molecule is NC(=O)c1nnc2[nH]ccc2c1NC1C[C@H]2CC[C@@H](C1)N2c1ccc(N)nn1. The summed E-state index contributed by atoms with van der Waals surface area (Å²) in [6.07, 6.45) is 5.84. The second-order valence-corrected chi connectivity index (χ2v) is 7.45. The number of nitrogens with zero attached hydrogens (tertiary/aromatic N) is 5. The quantitative estimate of drug-likeness (QED) is 0.525. The van der Waals surface area contributed by atoms with Crippen molar-refractivity contribution < 1.29 is 4.79 Å². The summed E-state index contributed by atoms with van der Waals surface area (Å²) < 4.78 is 0. The molecule has 28 heavy (non-hydrogen) atoms. The fourth-order valence-electron chi connectivity index (χ4n) is 4.59. The van der Waals surface area contributed by atoms with Gasteiger partial charge >= 0.3 is 0 Å². The molecule has 6 N–H and O–H groups in total. The zero-order valence-electron chi connectivity index (χ0n) is 15.2. The minimum atomic E-state index is -0.587. The zero-order valence-corrected chi connectivity index (χ0v) is 15.2. The lowest BCUT2D eigenvalue weighted by molar-refractivity contribution is 0.0995. The molecule has 2 saturated heterocycles. The standard InChI is InChI=1S/C18H21N9O/c19-13-3-4-14(24-23-13)27-10-1-2-11(27)8-9(7-10)22-15-12-5-6-21-18(12)26-25-16(15)17(20)28/h3-6,9-11H,1-2,7-8H2,(H2,19,23)(H2,20,28)(H2,21,22,26)/t9?,10-,11+. The third-order valence-electron chi connectivity index (χ3n) is 5.73. The van der Waals surface area contributed by atoms with Crippen LogP contribution in [-0.4, -0.2) is 49.4 Å². The third-order valence-corrected chi connectivity index (χ3v) is 5.73. The second-order valence-electron chi connectivity index (χ2n) is 7.45. The molecule has 0 aromatic carbocycles. The van der Waals surface area contributed by atoms with Gasteiger partial charge in [0.1, 0.15) is 5.82 Å². The fourth-order valence-corrected chi connectivity index (χ4v) is 4.59. The van der Waals surface area contributed by atoms with E-state index in [4.69, 9.17) is 11.5 Å². The second kappa shape index (κ2) is 6.32. The number of anilines is 3. The number of hydrogen-bond donors (Lipinski definition) is 4. The average molecular weight is 379 g/mol. The van der Waals surface area contributed by atoms with E-state index >= 15 is 0 Å². The Morgan fingerprint density at radius 2 is 1.89 bits per heavy atom. The van der Waals surface area contributed by atoms with Crippen LogP contribution in [0.5, 0.6) is 0 Å². The van der Waals surface area contributed by atoms with E-state index in [0.717, 1.165) is 36.9 Å². The molecule has 0 saturated carbocycles. The Morgan fingerprint density at radius 3 is 2.57 bits per heavy atom. The van der Waals surface area contributed by atoms with Gasteiger partial charge in [-0.1, -0.05) is 0 Å². The number of carbonyl (C=O) groups is 1. The summed E-state index contributed by atoms with van der Waals surface area (Å²) in [7, 11) is 0. The minimum Gasteiger partial charge on any atom is -0.382 e. The Labute approximate surface area is 160 Å². The van der Waals surface area contributed by atoms with Crippen LogP contribution in [0.1, 0.15) is 36.2 Å². The van der Waals surface area contributed by atoms with Gasteiger partial charge in [0.2, 0.25) is 0 Å². The molecule has 10 nitrogen and oxygen atoms in total. The zero-order chi connectivity index (χ0) is 19.3. The van der Waals surface area contributed by atoms with Crippen molar-refractivity contribution in [1.29, 1.82) is 0 Å². The maximum absolute atomic E-state index is 11.9. The normalized spacial score (nSPS) is 23.9. The lowest BCUT2D eigenvalue weighted by Crippen LogP contribution is -2.47. The number of aromatic nitrogens is 5. The van der Waals surface area contributed by atoms with E-state index in [0.29, 0.717) is 29.2 Å². The van der Waals surface area contributed by atoms with Crippen LogP contribution in [0, 0.1) is 0 Å². The van der Waals surface area contributed by atoms with Crippen LogP contribution in [-0.2, 0) is 0 Å². The van der Waals surface area contributed by atoms with Gasteiger partial charge in [0.15, 0.2) is 17.2 Å². The first-order chi connectivity index (χ1) is 13.6. The van der Waals surface area contributed by atoms with Gasteiger partial charge < -0.3 is 26.7 Å². The molecule has 10 heteroatoms. The summed E-state index contributed by atoms with van der Waals surface area (Å²) in [6, 6.07) is 6.53. The lowest BCUT2D eigenvalue weighted by Gasteiger charge is -2.40. The molecular weight excluding hydrogens is 358 g/mol. The van der Waals surface area contributed by atoms with Gasteiger partial charge in [0.25, 0.3) is 5.91 Å². The molecular formula is C18H21N9O. The minimum absolute atomic E-state index is 0.172. The van der Waals surface area contributed by atoms with Crippen molar-refractivity contribution in [3.63, 3.8) is 0 Å². The maximum Gasteiger partial charge on any atom is 0.271 e. The van der Waals surface area contributed by atoms with Crippen LogP contribution < -0.4 is 21.7 Å². The van der Waals surface area contributed by atoms with E-state index in [1.54, 1.807) is 12.3 Å². The van der Waals surface area contributed by atoms with E-state index in [2.05, 4.69) is 35.6 Å². The molecule has 0 aliphatic carbocycles. The summed E-state index contributed by atoms with van der Waals surface area (Å²) in [5.41, 5.74) is 12.7. The van der Waals surface area contributed by atoms with Crippen LogP contribution in [0.3, 0.4) is 0 Å². The van der Waals surface area contributed by atoms with Crippen molar-refractivity contribution in [2.75, 3.05) is 16.0 Å². The van der Waals surface area contributed by atoms with Crippen molar-refractivity contribution in [1.82, 2.24) is 25.4 Å². The molecule has 3 aromatic heterocycles. The molecule has 2 fully saturated rings. The number of piperidine rings is 1. The number of fused-ring (bicyclic) bond motifs is 3. The predicted octanol–water partition coefficient (Wildman–Crippen LogP) is 1.04. The highest BCUT2D eigenvalue weighted by Crippen LogP contribution is 2.40. The average Bonchev–Trinajstić information content (AvgIpc) is 3.25. The Bertz CT molecular complexity index is 1020. The predicted molar refractivity (Wildman–Crippen MR) is 105 cm³/mol. The number of primary amides is 1. The smallest absolute Gasteiger partial charge is 0.271 e. The largest absolute Gasteiger partial charge is 0.382 e. The highest BCUT2D eigenvalue weighted by atomic mass is 16.1. The van der Waals surface area contributed by atoms with Gasteiger partial charge in [-0.05, 0) is 43.9 Å². The number of H-pyrrole nitrogens is 1. The number of hydrogen-bond acceptors (Lipinski definition) is 8. The third kappa shape index (κ3) is 2.68. The Hall–Kier alpha value is -3.43. The van der Waals surface area contributed by atoms with Crippen LogP contribution in [0.15, 0.2) is 24.4 Å². The molecule has 144 valence electrons. The van der Waals surface area contributed by atoms with E-state index in [1.165, 1.54) is 0 Å². The molecule has 1 amide bonds. The number of rotatable bonds is 4. The van der Waals surface area contributed by atoms with E-state index in [-0.39, 0.29) is 11.7 Å². The first-order valence-electron chi connectivity index (χ1n) is 9.38. The molecule has 1 unspecified atom stereocenters. The molecule has 5 heterocycles. The monoisotopic (exact) mass is 379 g/mol. The Morgan fingerprint density at radius 1 is 1.11 bits per heavy atom. The number of nitrogens with one attached hydrogen (secondary N) is 2. The summed E-state index contributed by atoms with van der Waals surface area (Å²) >= 11 is 0. The van der Waals surface area contributed by atoms with Crippen molar-refractivity contribution in [3.05, 3.63) is 30.1 Å².